The molecule has 0 aromatic carbocycles. The maximum absolute atomic E-state index is 13.1. The van der Waals surface area contributed by atoms with Gasteiger partial charge in [0.1, 0.15) is 19.3 Å². The summed E-state index contributed by atoms with van der Waals surface area (Å²) in [6.45, 7) is 11.7. The fourth-order valence-electron chi connectivity index (χ4n) is 10.9. The third-order valence-electron chi connectivity index (χ3n) is 16.8. The molecule has 0 aliphatic carbocycles. The lowest BCUT2D eigenvalue weighted by molar-refractivity contribution is -0.161. The van der Waals surface area contributed by atoms with E-state index in [1.165, 1.54) is 148 Å². The fraction of sp³-hybridized carbons (Fsp3) is 0.893. The lowest BCUT2D eigenvalue weighted by Gasteiger charge is -2.21. The van der Waals surface area contributed by atoms with E-state index in [-0.39, 0.29) is 25.7 Å². The van der Waals surface area contributed by atoms with E-state index < -0.39 is 97.5 Å². The number of rotatable bonds is 71. The van der Waals surface area contributed by atoms with E-state index in [9.17, 15) is 43.2 Å². The molecule has 0 bridgehead atoms. The Morgan fingerprint density at radius 2 is 0.574 bits per heavy atom. The quantitative estimate of drug-likeness (QED) is 0.0169. The van der Waals surface area contributed by atoms with Crippen LogP contribution in [-0.2, 0) is 65.4 Å². The van der Waals surface area contributed by atoms with Crippen LogP contribution in [-0.4, -0.2) is 96.7 Å². The lowest BCUT2D eigenvalue weighted by Crippen LogP contribution is -2.30. The van der Waals surface area contributed by atoms with Crippen molar-refractivity contribution in [3.05, 3.63) is 24.3 Å². The number of unbranched alkanes of at least 4 members (excludes halogenated alkanes) is 36. The Morgan fingerprint density at radius 3 is 0.862 bits per heavy atom. The first kappa shape index (κ1) is 91.5. The second kappa shape index (κ2) is 65.2. The number of phosphoric acid groups is 2. The second-order valence-corrected chi connectivity index (χ2v) is 30.7. The van der Waals surface area contributed by atoms with Crippen LogP contribution in [0.2, 0.25) is 0 Å². The molecule has 5 atom stereocenters. The van der Waals surface area contributed by atoms with Crippen molar-refractivity contribution in [2.24, 2.45) is 17.8 Å². The van der Waals surface area contributed by atoms with Gasteiger partial charge in [0.25, 0.3) is 0 Å². The number of esters is 4. The van der Waals surface area contributed by atoms with Crippen LogP contribution in [0.3, 0.4) is 0 Å². The van der Waals surface area contributed by atoms with E-state index in [2.05, 4.69) is 72.8 Å². The number of aliphatic hydroxyl groups excluding tert-OH is 1. The molecule has 17 nitrogen and oxygen atoms in total. The van der Waals surface area contributed by atoms with Crippen LogP contribution in [0, 0.1) is 17.8 Å². The van der Waals surface area contributed by atoms with Crippen LogP contribution in [0.4, 0.5) is 0 Å². The van der Waals surface area contributed by atoms with E-state index >= 15 is 0 Å². The van der Waals surface area contributed by atoms with Crippen molar-refractivity contribution in [3.8, 4) is 0 Å². The van der Waals surface area contributed by atoms with Crippen molar-refractivity contribution in [3.63, 3.8) is 0 Å². The van der Waals surface area contributed by atoms with Gasteiger partial charge in [-0.05, 0) is 69.1 Å². The Morgan fingerprint density at radius 1 is 0.330 bits per heavy atom. The van der Waals surface area contributed by atoms with Gasteiger partial charge in [-0.25, -0.2) is 9.13 Å². The molecule has 2 unspecified atom stereocenters. The van der Waals surface area contributed by atoms with Gasteiger partial charge < -0.3 is 33.8 Å². The molecular formula is C75H142O17P2. The summed E-state index contributed by atoms with van der Waals surface area (Å²) in [6, 6.07) is 0. The predicted octanol–water partition coefficient (Wildman–Crippen LogP) is 21.3. The Balaban J connectivity index is 5.26. The topological polar surface area (TPSA) is 237 Å². The summed E-state index contributed by atoms with van der Waals surface area (Å²) < 4.78 is 68.4. The van der Waals surface area contributed by atoms with Gasteiger partial charge in [0.2, 0.25) is 0 Å². The molecule has 0 saturated carbocycles. The molecule has 19 heteroatoms. The number of ether oxygens (including phenoxy) is 4. The molecule has 0 spiro atoms. The summed E-state index contributed by atoms with van der Waals surface area (Å²) >= 11 is 0. The maximum Gasteiger partial charge on any atom is 0.472 e. The van der Waals surface area contributed by atoms with Crippen molar-refractivity contribution in [1.29, 1.82) is 0 Å². The molecule has 0 aliphatic rings. The van der Waals surface area contributed by atoms with E-state index in [0.29, 0.717) is 31.6 Å². The molecule has 0 aromatic rings. The monoisotopic (exact) mass is 1380 g/mol. The van der Waals surface area contributed by atoms with Crippen LogP contribution in [0.15, 0.2) is 24.3 Å². The molecule has 0 aromatic heterocycles. The number of carbonyl (C=O) groups is 4. The van der Waals surface area contributed by atoms with Gasteiger partial charge in [-0.1, -0.05) is 304 Å². The molecule has 0 fully saturated rings. The molecule has 0 radical (unpaired) electrons. The zero-order chi connectivity index (χ0) is 69.4. The zero-order valence-electron chi connectivity index (χ0n) is 60.9. The standard InChI is InChI=1S/C75H142O17P2/c1-8-9-10-11-12-13-14-15-17-21-24-29-35-44-51-59-75(80)92-71(63-86-73(78)57-50-43-38-37-41-48-55-68(6)7)65-90-94(83,84)88-61-69(76)60-87-93(81,82)89-64-70(62-85-72(77)56-49-42-34-31-26-28-33-40-47-54-67(4)5)91-74(79)58-52-45-36-30-25-22-19-16-18-20-23-27-32-39-46-53-66(2)3/h13-15,17,66-71,76H,8-12,16,18-65H2,1-7H3,(H,81,82)(H,83,84)/b14-13-,17-15-/t69-,70-,71-/m1/s1. The van der Waals surface area contributed by atoms with Crippen LogP contribution in [0.25, 0.3) is 0 Å². The highest BCUT2D eigenvalue weighted by Gasteiger charge is 2.30. The van der Waals surface area contributed by atoms with E-state index in [1.54, 1.807) is 0 Å². The third-order valence-corrected chi connectivity index (χ3v) is 18.7. The van der Waals surface area contributed by atoms with Gasteiger partial charge in [0.05, 0.1) is 26.4 Å². The van der Waals surface area contributed by atoms with Crippen molar-refractivity contribution in [2.75, 3.05) is 39.6 Å². The minimum atomic E-state index is -4.96. The normalized spacial score (nSPS) is 14.3. The second-order valence-electron chi connectivity index (χ2n) is 27.8. The molecule has 0 amide bonds. The average molecular weight is 1380 g/mol. The molecule has 94 heavy (non-hydrogen) atoms. The largest absolute Gasteiger partial charge is 0.472 e. The average Bonchev–Trinajstić information content (AvgIpc) is 1.66. The maximum atomic E-state index is 13.1. The van der Waals surface area contributed by atoms with Crippen molar-refractivity contribution < 1.29 is 80.2 Å². The number of hydrogen-bond acceptors (Lipinski definition) is 15. The number of aliphatic hydroxyl groups is 1. The summed E-state index contributed by atoms with van der Waals surface area (Å²) in [7, 11) is -9.92. The smallest absolute Gasteiger partial charge is 0.462 e. The number of phosphoric ester groups is 2. The molecule has 0 saturated heterocycles. The Hall–Kier alpha value is -2.46. The van der Waals surface area contributed by atoms with Crippen LogP contribution < -0.4 is 0 Å². The first-order valence-electron chi connectivity index (χ1n) is 38.2. The summed E-state index contributed by atoms with van der Waals surface area (Å²) in [5, 5.41) is 10.6. The van der Waals surface area contributed by atoms with Gasteiger partial charge >= 0.3 is 39.5 Å². The minimum Gasteiger partial charge on any atom is -0.462 e. The fourth-order valence-corrected chi connectivity index (χ4v) is 12.5. The SMILES string of the molecule is CCCCCC/C=C\C=C/CCCCCCCC(=O)O[C@H](COC(=O)CCCCCCCCC(C)C)COP(=O)(O)OC[C@H](O)COP(=O)(O)OC[C@@H](COC(=O)CCCCCCCCCCCC(C)C)OC(=O)CCCCCCCCCCCCCCCCCC(C)C. The molecule has 0 aliphatic heterocycles. The molecule has 3 N–H and O–H groups in total. The van der Waals surface area contributed by atoms with E-state index in [1.807, 2.05) is 0 Å². The highest BCUT2D eigenvalue weighted by Crippen LogP contribution is 2.45. The van der Waals surface area contributed by atoms with E-state index in [4.69, 9.17) is 37.0 Å². The van der Waals surface area contributed by atoms with Gasteiger partial charge in [-0.15, -0.1) is 0 Å². The highest BCUT2D eigenvalue weighted by molar-refractivity contribution is 7.47. The third kappa shape index (κ3) is 68.1. The van der Waals surface area contributed by atoms with Crippen molar-refractivity contribution in [2.45, 2.75) is 375 Å². The highest BCUT2D eigenvalue weighted by atomic mass is 31.2. The number of allylic oxidation sites excluding steroid dienone is 4. The van der Waals surface area contributed by atoms with Crippen molar-refractivity contribution in [1.82, 2.24) is 0 Å². The lowest BCUT2D eigenvalue weighted by atomic mass is 10.0. The molecule has 554 valence electrons. The summed E-state index contributed by atoms with van der Waals surface area (Å²) in [5.74, 6) is 0.0670. The number of hydrogen-bond donors (Lipinski definition) is 3. The Bertz CT molecular complexity index is 1930. The van der Waals surface area contributed by atoms with E-state index in [0.717, 1.165) is 121 Å². The van der Waals surface area contributed by atoms with Crippen LogP contribution in [0.5, 0.6) is 0 Å². The number of carbonyl (C=O) groups excluding carboxylic acids is 4. The van der Waals surface area contributed by atoms with Crippen LogP contribution >= 0.6 is 15.6 Å². The molecule has 0 heterocycles. The Labute approximate surface area is 573 Å². The molecule has 0 rings (SSSR count). The molecular weight excluding hydrogens is 1230 g/mol. The van der Waals surface area contributed by atoms with Gasteiger partial charge in [0, 0.05) is 25.7 Å². The van der Waals surface area contributed by atoms with Crippen LogP contribution in [0.1, 0.15) is 357 Å². The zero-order valence-corrected chi connectivity index (χ0v) is 62.7. The Kier molecular flexibility index (Phi) is 63.5. The van der Waals surface area contributed by atoms with Gasteiger partial charge in [-0.2, -0.15) is 0 Å². The summed E-state index contributed by atoms with van der Waals surface area (Å²) in [4.78, 5) is 72.7. The van der Waals surface area contributed by atoms with Gasteiger partial charge in [0.15, 0.2) is 12.2 Å². The summed E-state index contributed by atoms with van der Waals surface area (Å²) in [6.07, 6.45) is 53.7. The van der Waals surface area contributed by atoms with Gasteiger partial charge in [-0.3, -0.25) is 37.3 Å². The summed E-state index contributed by atoms with van der Waals surface area (Å²) in [5.41, 5.74) is 0. The van der Waals surface area contributed by atoms with Crippen molar-refractivity contribution >= 4 is 39.5 Å². The minimum absolute atomic E-state index is 0.0836. The predicted molar refractivity (Wildman–Crippen MR) is 381 cm³/mol. The first-order valence-corrected chi connectivity index (χ1v) is 41.2. The first-order chi connectivity index (χ1) is 45.2.